The van der Waals surface area contributed by atoms with Gasteiger partial charge in [-0.2, -0.15) is 15.3 Å². The SMILES string of the molecule is N#Cc1cccc(Nc2nncc(Nc3cc(Cl)cc(Cl)c3)n2)c1. The van der Waals surface area contributed by atoms with Crippen LogP contribution in [0.15, 0.2) is 48.7 Å². The van der Waals surface area contributed by atoms with E-state index in [1.165, 1.54) is 6.20 Å². The van der Waals surface area contributed by atoms with Crippen LogP contribution in [0.5, 0.6) is 0 Å². The highest BCUT2D eigenvalue weighted by Crippen LogP contribution is 2.24. The minimum atomic E-state index is 0.295. The maximum absolute atomic E-state index is 8.93. The number of hydrogen-bond acceptors (Lipinski definition) is 6. The molecule has 0 atom stereocenters. The lowest BCUT2D eigenvalue weighted by molar-refractivity contribution is 0.982. The van der Waals surface area contributed by atoms with Crippen LogP contribution in [0.4, 0.5) is 23.1 Å². The second-order valence-corrected chi connectivity index (χ2v) is 5.64. The molecule has 3 rings (SSSR count). The van der Waals surface area contributed by atoms with Crippen LogP contribution in [0.25, 0.3) is 0 Å². The first-order valence-electron chi connectivity index (χ1n) is 6.82. The molecular weight excluding hydrogens is 347 g/mol. The predicted octanol–water partition coefficient (Wildman–Crippen LogP) is 4.54. The van der Waals surface area contributed by atoms with Crippen LogP contribution < -0.4 is 10.6 Å². The maximum atomic E-state index is 8.93. The third-order valence-electron chi connectivity index (χ3n) is 2.94. The molecule has 2 aromatic carbocycles. The summed E-state index contributed by atoms with van der Waals surface area (Å²) in [5, 5.41) is 23.8. The fraction of sp³-hybridized carbons (Fsp3) is 0. The number of halogens is 2. The summed E-state index contributed by atoms with van der Waals surface area (Å²) in [6, 6.07) is 14.1. The Morgan fingerprint density at radius 2 is 1.75 bits per heavy atom. The Balaban J connectivity index is 1.80. The zero-order chi connectivity index (χ0) is 16.9. The van der Waals surface area contributed by atoms with E-state index in [9.17, 15) is 0 Å². The molecule has 0 radical (unpaired) electrons. The molecule has 2 N–H and O–H groups in total. The van der Waals surface area contributed by atoms with Crippen LogP contribution in [0.1, 0.15) is 5.56 Å². The third-order valence-corrected chi connectivity index (χ3v) is 3.38. The monoisotopic (exact) mass is 356 g/mol. The summed E-state index contributed by atoms with van der Waals surface area (Å²) in [5.74, 6) is 0.769. The molecule has 24 heavy (non-hydrogen) atoms. The molecule has 1 heterocycles. The molecule has 118 valence electrons. The molecule has 6 nitrogen and oxygen atoms in total. The van der Waals surface area contributed by atoms with E-state index >= 15 is 0 Å². The smallest absolute Gasteiger partial charge is 0.249 e. The van der Waals surface area contributed by atoms with Gasteiger partial charge >= 0.3 is 0 Å². The Labute approximate surface area is 148 Å². The molecule has 0 unspecified atom stereocenters. The zero-order valence-electron chi connectivity index (χ0n) is 12.2. The first-order chi connectivity index (χ1) is 11.6. The van der Waals surface area contributed by atoms with Crippen molar-refractivity contribution in [3.8, 4) is 6.07 Å². The molecule has 0 saturated heterocycles. The summed E-state index contributed by atoms with van der Waals surface area (Å²) in [6.45, 7) is 0. The van der Waals surface area contributed by atoms with E-state index in [0.717, 1.165) is 0 Å². The predicted molar refractivity (Wildman–Crippen MR) is 94.0 cm³/mol. The number of rotatable bonds is 4. The molecule has 0 aliphatic rings. The van der Waals surface area contributed by atoms with Gasteiger partial charge in [-0.25, -0.2) is 0 Å². The quantitative estimate of drug-likeness (QED) is 0.713. The van der Waals surface area contributed by atoms with Gasteiger partial charge in [0, 0.05) is 21.4 Å². The van der Waals surface area contributed by atoms with Gasteiger partial charge in [-0.05, 0) is 36.4 Å². The summed E-state index contributed by atoms with van der Waals surface area (Å²) in [7, 11) is 0. The van der Waals surface area contributed by atoms with E-state index < -0.39 is 0 Å². The van der Waals surface area contributed by atoms with E-state index in [2.05, 4.69) is 31.9 Å². The lowest BCUT2D eigenvalue weighted by Gasteiger charge is -2.08. The van der Waals surface area contributed by atoms with Crippen molar-refractivity contribution in [1.29, 1.82) is 5.26 Å². The number of nitrogens with zero attached hydrogens (tertiary/aromatic N) is 4. The highest BCUT2D eigenvalue weighted by Gasteiger charge is 2.04. The summed E-state index contributed by atoms with van der Waals surface area (Å²) < 4.78 is 0. The van der Waals surface area contributed by atoms with Gasteiger partial charge in [-0.15, -0.1) is 5.10 Å². The second kappa shape index (κ2) is 7.13. The minimum absolute atomic E-state index is 0.295. The van der Waals surface area contributed by atoms with Gasteiger partial charge in [0.25, 0.3) is 0 Å². The lowest BCUT2D eigenvalue weighted by atomic mass is 10.2. The van der Waals surface area contributed by atoms with Gasteiger partial charge in [0.05, 0.1) is 17.8 Å². The van der Waals surface area contributed by atoms with Crippen molar-refractivity contribution in [1.82, 2.24) is 15.2 Å². The van der Waals surface area contributed by atoms with Gasteiger partial charge in [0.15, 0.2) is 5.82 Å². The number of aromatic nitrogens is 3. The van der Waals surface area contributed by atoms with Crippen LogP contribution in [0.2, 0.25) is 10.0 Å². The summed E-state index contributed by atoms with van der Waals surface area (Å²) in [5.41, 5.74) is 1.92. The van der Waals surface area contributed by atoms with E-state index in [-0.39, 0.29) is 0 Å². The standard InChI is InChI=1S/C16H10Cl2N6/c17-11-5-12(18)7-14(6-11)21-15-9-20-24-16(23-15)22-13-3-1-2-10(4-13)8-19/h1-7,9H,(H2,21,22,23,24). The number of anilines is 4. The molecular formula is C16H10Cl2N6. The highest BCUT2D eigenvalue weighted by atomic mass is 35.5. The van der Waals surface area contributed by atoms with Crippen molar-refractivity contribution in [2.24, 2.45) is 0 Å². The van der Waals surface area contributed by atoms with E-state index in [1.54, 1.807) is 42.5 Å². The third kappa shape index (κ3) is 4.10. The molecule has 0 aliphatic heterocycles. The van der Waals surface area contributed by atoms with Crippen molar-refractivity contribution >= 4 is 46.3 Å². The Hall–Kier alpha value is -2.88. The molecule has 0 bridgehead atoms. The summed E-state index contributed by atoms with van der Waals surface area (Å²) >= 11 is 11.9. The number of hydrogen-bond donors (Lipinski definition) is 2. The number of nitrogens with one attached hydrogen (secondary N) is 2. The summed E-state index contributed by atoms with van der Waals surface area (Å²) in [4.78, 5) is 4.31. The topological polar surface area (TPSA) is 86.5 Å². The molecule has 0 spiro atoms. The van der Waals surface area contributed by atoms with E-state index in [4.69, 9.17) is 28.5 Å². The van der Waals surface area contributed by atoms with Crippen molar-refractivity contribution < 1.29 is 0 Å². The van der Waals surface area contributed by atoms with Gasteiger partial charge in [0.1, 0.15) is 0 Å². The number of benzene rings is 2. The van der Waals surface area contributed by atoms with Crippen LogP contribution in [0.3, 0.4) is 0 Å². The average Bonchev–Trinajstić information content (AvgIpc) is 2.54. The van der Waals surface area contributed by atoms with Crippen LogP contribution in [0, 0.1) is 11.3 Å². The Morgan fingerprint density at radius 1 is 0.958 bits per heavy atom. The van der Waals surface area contributed by atoms with Crippen LogP contribution >= 0.6 is 23.2 Å². The Morgan fingerprint density at radius 3 is 2.50 bits per heavy atom. The Bertz CT molecular complexity index is 902. The average molecular weight is 357 g/mol. The van der Waals surface area contributed by atoms with E-state index in [1.807, 2.05) is 0 Å². The van der Waals surface area contributed by atoms with Crippen molar-refractivity contribution in [3.05, 3.63) is 64.3 Å². The molecule has 0 aliphatic carbocycles. The zero-order valence-corrected chi connectivity index (χ0v) is 13.7. The molecule has 8 heteroatoms. The van der Waals surface area contributed by atoms with Gasteiger partial charge in [-0.3, -0.25) is 0 Å². The Kier molecular flexibility index (Phi) is 4.75. The molecule has 0 saturated carbocycles. The minimum Gasteiger partial charge on any atom is -0.339 e. The number of nitriles is 1. The summed E-state index contributed by atoms with van der Waals surface area (Å²) in [6.07, 6.45) is 1.48. The highest BCUT2D eigenvalue weighted by molar-refractivity contribution is 6.35. The second-order valence-electron chi connectivity index (χ2n) is 4.77. The van der Waals surface area contributed by atoms with Gasteiger partial charge in [0.2, 0.25) is 5.95 Å². The van der Waals surface area contributed by atoms with Gasteiger partial charge in [-0.1, -0.05) is 29.3 Å². The lowest BCUT2D eigenvalue weighted by Crippen LogP contribution is -2.02. The molecule has 1 aromatic heterocycles. The van der Waals surface area contributed by atoms with Crippen LogP contribution in [-0.2, 0) is 0 Å². The molecule has 0 amide bonds. The fourth-order valence-corrected chi connectivity index (χ4v) is 2.51. The molecule has 3 aromatic rings. The van der Waals surface area contributed by atoms with Gasteiger partial charge < -0.3 is 10.6 Å². The molecule has 0 fully saturated rings. The van der Waals surface area contributed by atoms with Crippen molar-refractivity contribution in [3.63, 3.8) is 0 Å². The first kappa shape index (κ1) is 16.0. The van der Waals surface area contributed by atoms with E-state index in [0.29, 0.717) is 38.7 Å². The van der Waals surface area contributed by atoms with Crippen molar-refractivity contribution in [2.75, 3.05) is 10.6 Å². The normalized spacial score (nSPS) is 10.0. The largest absolute Gasteiger partial charge is 0.339 e. The fourth-order valence-electron chi connectivity index (χ4n) is 1.99. The van der Waals surface area contributed by atoms with Crippen molar-refractivity contribution in [2.45, 2.75) is 0 Å². The van der Waals surface area contributed by atoms with Crippen LogP contribution in [-0.4, -0.2) is 15.2 Å². The first-order valence-corrected chi connectivity index (χ1v) is 7.58. The maximum Gasteiger partial charge on any atom is 0.249 e.